The molecule has 0 saturated carbocycles. The van der Waals surface area contributed by atoms with Gasteiger partial charge in [0.15, 0.2) is 6.61 Å². The second-order valence-corrected chi connectivity index (χ2v) is 1.30. The van der Waals surface area contributed by atoms with Gasteiger partial charge in [-0.2, -0.15) is 5.90 Å². The first-order valence-corrected chi connectivity index (χ1v) is 2.39. The van der Waals surface area contributed by atoms with E-state index < -0.39 is 18.5 Å². The average Bonchev–Trinajstić information content (AvgIpc) is 1.99. The molecule has 0 fully saturated rings. The van der Waals surface area contributed by atoms with Gasteiger partial charge in [-0.25, -0.2) is 9.59 Å². The van der Waals surface area contributed by atoms with Crippen LogP contribution in [0.25, 0.3) is 0 Å². The Morgan fingerprint density at radius 3 is 2.45 bits per heavy atom. The first kappa shape index (κ1) is 13.2. The van der Waals surface area contributed by atoms with E-state index in [1.807, 2.05) is 0 Å². The number of carbonyl (C=O) groups is 2. The van der Waals surface area contributed by atoms with Crippen molar-refractivity contribution >= 4 is 41.5 Å². The fraction of sp³-hybridized carbons (Fsp3) is 0.200. The van der Waals surface area contributed by atoms with Crippen molar-refractivity contribution < 1.29 is 19.2 Å². The van der Waals surface area contributed by atoms with Gasteiger partial charge in [0.1, 0.15) is 0 Å². The van der Waals surface area contributed by atoms with Gasteiger partial charge in [0, 0.05) is 6.08 Å². The Balaban J connectivity index is 0. The minimum absolute atomic E-state index is 0. The van der Waals surface area contributed by atoms with Crippen molar-refractivity contribution in [2.75, 3.05) is 6.61 Å². The van der Waals surface area contributed by atoms with E-state index >= 15 is 0 Å². The molecular formula is C5H8NNaO4. The molecule has 0 bridgehead atoms. The van der Waals surface area contributed by atoms with Crippen molar-refractivity contribution in [3.05, 3.63) is 12.7 Å². The molecular weight excluding hydrogens is 161 g/mol. The van der Waals surface area contributed by atoms with Gasteiger partial charge in [0.2, 0.25) is 0 Å². The molecule has 58 valence electrons. The molecule has 0 saturated heterocycles. The van der Waals surface area contributed by atoms with E-state index in [0.717, 1.165) is 6.08 Å². The first-order chi connectivity index (χ1) is 4.70. The maximum atomic E-state index is 10.2. The molecule has 0 aromatic carbocycles. The maximum absolute atomic E-state index is 10.2. The van der Waals surface area contributed by atoms with Crippen molar-refractivity contribution in [2.45, 2.75) is 0 Å². The van der Waals surface area contributed by atoms with E-state index in [1.165, 1.54) is 0 Å². The number of hydrogen-bond donors (Lipinski definition) is 1. The van der Waals surface area contributed by atoms with E-state index in [2.05, 4.69) is 22.1 Å². The summed E-state index contributed by atoms with van der Waals surface area (Å²) in [7, 11) is 0. The predicted octanol–water partition coefficient (Wildman–Crippen LogP) is -1.52. The van der Waals surface area contributed by atoms with E-state index in [0.29, 0.717) is 0 Å². The summed E-state index contributed by atoms with van der Waals surface area (Å²) >= 11 is 0. The molecule has 5 nitrogen and oxygen atoms in total. The molecule has 0 aromatic heterocycles. The van der Waals surface area contributed by atoms with Gasteiger partial charge in [-0.05, 0) is 0 Å². The van der Waals surface area contributed by atoms with Crippen molar-refractivity contribution in [3.63, 3.8) is 0 Å². The topological polar surface area (TPSA) is 78.6 Å². The monoisotopic (exact) mass is 169 g/mol. The Hall–Kier alpha value is -0.360. The van der Waals surface area contributed by atoms with E-state index in [4.69, 9.17) is 0 Å². The van der Waals surface area contributed by atoms with Gasteiger partial charge in [-0.3, -0.25) is 0 Å². The standard InChI is InChI=1S/C5H7NO4.Na.H/c1-2-4(7)9-3-5(8)10-6;;/h2H,1,3,6H2;;. The van der Waals surface area contributed by atoms with E-state index in [-0.39, 0.29) is 29.6 Å². The van der Waals surface area contributed by atoms with Crippen LogP contribution >= 0.6 is 0 Å². The Morgan fingerprint density at radius 1 is 1.55 bits per heavy atom. The number of carbonyl (C=O) groups excluding carboxylic acids is 2. The molecule has 0 rings (SSSR count). The number of rotatable bonds is 3. The molecule has 0 aliphatic rings. The summed E-state index contributed by atoms with van der Waals surface area (Å²) in [6.07, 6.45) is 0.934. The molecule has 11 heavy (non-hydrogen) atoms. The number of ether oxygens (including phenoxy) is 1. The summed E-state index contributed by atoms with van der Waals surface area (Å²) in [6.45, 7) is 2.62. The van der Waals surface area contributed by atoms with Crippen LogP contribution in [0.15, 0.2) is 12.7 Å². The molecule has 2 N–H and O–H groups in total. The van der Waals surface area contributed by atoms with E-state index in [1.54, 1.807) is 0 Å². The second-order valence-electron chi connectivity index (χ2n) is 1.30. The summed E-state index contributed by atoms with van der Waals surface area (Å²) in [6, 6.07) is 0. The van der Waals surface area contributed by atoms with Crippen LogP contribution in [-0.2, 0) is 19.2 Å². The molecule has 0 aliphatic carbocycles. The van der Waals surface area contributed by atoms with Crippen LogP contribution in [-0.4, -0.2) is 48.1 Å². The van der Waals surface area contributed by atoms with Crippen LogP contribution in [0.2, 0.25) is 0 Å². The third-order valence-electron chi connectivity index (χ3n) is 0.630. The number of hydrogen-bond acceptors (Lipinski definition) is 5. The third-order valence-corrected chi connectivity index (χ3v) is 0.630. The molecule has 0 heterocycles. The Labute approximate surface area is 85.8 Å². The van der Waals surface area contributed by atoms with Crippen LogP contribution in [0.3, 0.4) is 0 Å². The van der Waals surface area contributed by atoms with Gasteiger partial charge in [-0.1, -0.05) is 6.58 Å². The summed E-state index contributed by atoms with van der Waals surface area (Å²) in [5.41, 5.74) is 0. The molecule has 0 unspecified atom stereocenters. The fourth-order valence-electron chi connectivity index (χ4n) is 0.223. The average molecular weight is 169 g/mol. The SMILES string of the molecule is C=CC(=O)OCC(=O)ON.[NaH]. The van der Waals surface area contributed by atoms with Gasteiger partial charge < -0.3 is 9.57 Å². The van der Waals surface area contributed by atoms with Crippen molar-refractivity contribution in [1.82, 2.24) is 0 Å². The second kappa shape index (κ2) is 7.74. The van der Waals surface area contributed by atoms with Crippen LogP contribution in [0, 0.1) is 0 Å². The summed E-state index contributed by atoms with van der Waals surface area (Å²) in [5.74, 6) is 2.93. The van der Waals surface area contributed by atoms with Gasteiger partial charge in [0.05, 0.1) is 0 Å². The molecule has 6 heteroatoms. The minimum atomic E-state index is -0.810. The zero-order valence-electron chi connectivity index (χ0n) is 5.20. The van der Waals surface area contributed by atoms with Crippen molar-refractivity contribution in [2.24, 2.45) is 5.90 Å². The zero-order chi connectivity index (χ0) is 7.98. The quantitative estimate of drug-likeness (QED) is 0.240. The summed E-state index contributed by atoms with van der Waals surface area (Å²) in [4.78, 5) is 24.1. The van der Waals surface area contributed by atoms with Crippen LogP contribution < -0.4 is 5.90 Å². The molecule has 0 spiro atoms. The normalized spacial score (nSPS) is 7.36. The van der Waals surface area contributed by atoms with Crippen molar-refractivity contribution in [1.29, 1.82) is 0 Å². The summed E-state index contributed by atoms with van der Waals surface area (Å²) in [5, 5.41) is 0. The Bertz CT molecular complexity index is 159. The van der Waals surface area contributed by atoms with Gasteiger partial charge in [0.25, 0.3) is 0 Å². The molecule has 0 atom stereocenters. The molecule has 0 radical (unpaired) electrons. The molecule has 0 aromatic rings. The fourth-order valence-corrected chi connectivity index (χ4v) is 0.223. The van der Waals surface area contributed by atoms with Crippen LogP contribution in [0.5, 0.6) is 0 Å². The number of nitrogens with two attached hydrogens (primary N) is 1. The first-order valence-electron chi connectivity index (χ1n) is 2.39. The van der Waals surface area contributed by atoms with Gasteiger partial charge in [-0.15, -0.1) is 0 Å². The molecule has 0 amide bonds. The van der Waals surface area contributed by atoms with Crippen molar-refractivity contribution in [3.8, 4) is 0 Å². The third kappa shape index (κ3) is 7.54. The van der Waals surface area contributed by atoms with Crippen LogP contribution in [0.1, 0.15) is 0 Å². The summed E-state index contributed by atoms with van der Waals surface area (Å²) < 4.78 is 4.23. The number of esters is 1. The Kier molecular flexibility index (Phi) is 9.32. The van der Waals surface area contributed by atoms with Crippen LogP contribution in [0.4, 0.5) is 0 Å². The zero-order valence-corrected chi connectivity index (χ0v) is 5.20. The Morgan fingerprint density at radius 2 is 2.09 bits per heavy atom. The predicted molar refractivity (Wildman–Crippen MR) is 38.6 cm³/mol. The molecule has 0 aliphatic heterocycles. The van der Waals surface area contributed by atoms with E-state index in [9.17, 15) is 9.59 Å². The van der Waals surface area contributed by atoms with Gasteiger partial charge >= 0.3 is 41.5 Å².